The molecule has 2 aromatic rings. The largest absolute Gasteiger partial charge is 0.478 e. The molecule has 8 nitrogen and oxygen atoms in total. The third-order valence-electron chi connectivity index (χ3n) is 7.54. The van der Waals surface area contributed by atoms with E-state index in [0.29, 0.717) is 24.0 Å². The molecule has 0 bridgehead atoms. The van der Waals surface area contributed by atoms with Crippen molar-refractivity contribution in [2.45, 2.75) is 63.6 Å². The average molecular weight is 565 g/mol. The molecule has 0 saturated carbocycles. The molecule has 0 atom stereocenters. The van der Waals surface area contributed by atoms with E-state index >= 15 is 0 Å². The number of benzene rings is 2. The molecule has 2 aliphatic rings. The van der Waals surface area contributed by atoms with E-state index in [-0.39, 0.29) is 5.79 Å². The van der Waals surface area contributed by atoms with Gasteiger partial charge in [-0.3, -0.25) is 4.99 Å². The third-order valence-corrected chi connectivity index (χ3v) is 7.54. The van der Waals surface area contributed by atoms with Gasteiger partial charge < -0.3 is 24.6 Å². The maximum atomic E-state index is 9.55. The summed E-state index contributed by atoms with van der Waals surface area (Å²) in [6.07, 6.45) is 11.4. The van der Waals surface area contributed by atoms with Crippen LogP contribution in [0.5, 0.6) is 0 Å². The first kappa shape index (κ1) is 32.0. The lowest BCUT2D eigenvalue weighted by Gasteiger charge is -2.36. The van der Waals surface area contributed by atoms with Crippen molar-refractivity contribution in [1.29, 1.82) is 0 Å². The second-order valence-electron chi connectivity index (χ2n) is 10.7. The second-order valence-corrected chi connectivity index (χ2v) is 10.7. The van der Waals surface area contributed by atoms with Crippen molar-refractivity contribution in [2.24, 2.45) is 10.9 Å². The minimum atomic E-state index is -1.26. The maximum Gasteiger partial charge on any atom is 0.328 e. The van der Waals surface area contributed by atoms with Crippen LogP contribution in [0.1, 0.15) is 68.9 Å². The lowest BCUT2D eigenvalue weighted by Crippen LogP contribution is -2.35. The van der Waals surface area contributed by atoms with E-state index in [0.717, 1.165) is 52.1 Å². The Morgan fingerprint density at radius 2 is 1.39 bits per heavy atom. The topological polar surface area (TPSA) is 109 Å². The highest BCUT2D eigenvalue weighted by Crippen LogP contribution is 2.37. The highest BCUT2D eigenvalue weighted by atomic mass is 16.7. The number of ether oxygens (including phenoxy) is 2. The second kappa shape index (κ2) is 17.4. The predicted octanol–water partition coefficient (Wildman–Crippen LogP) is 5.98. The van der Waals surface area contributed by atoms with Crippen molar-refractivity contribution in [3.8, 4) is 0 Å². The van der Waals surface area contributed by atoms with Crippen LogP contribution < -0.4 is 0 Å². The Bertz CT molecular complexity index is 1040. The molecule has 4 rings (SSSR count). The fourth-order valence-electron chi connectivity index (χ4n) is 5.45. The first-order chi connectivity index (χ1) is 19.9. The third kappa shape index (κ3) is 11.9. The van der Waals surface area contributed by atoms with E-state index in [1.54, 1.807) is 0 Å². The van der Waals surface area contributed by atoms with E-state index in [2.05, 4.69) is 78.8 Å². The average Bonchev–Trinajstić information content (AvgIpc) is 3.42. The van der Waals surface area contributed by atoms with Crippen LogP contribution in [0.2, 0.25) is 0 Å². The molecule has 2 aromatic carbocycles. The number of hydrogen-bond donors (Lipinski definition) is 2. The maximum absolute atomic E-state index is 9.55. The van der Waals surface area contributed by atoms with Crippen LogP contribution in [0.3, 0.4) is 0 Å². The van der Waals surface area contributed by atoms with Crippen LogP contribution in [-0.4, -0.2) is 72.0 Å². The molecule has 8 heteroatoms. The molecule has 0 spiro atoms. The Balaban J connectivity index is 0.000000507. The van der Waals surface area contributed by atoms with Crippen LogP contribution >= 0.6 is 0 Å². The standard InChI is InChI=1S/C29H40N2O2.C4H4O4/c1-29(32-22-23-33-29)18-10-2-3-11-19-30-24-31-20-16-27(17-21-31)28(25-12-6-4-7-13-25)26-14-8-5-9-15-26;5-3(6)1-2-4(7)8/h4-9,12-15,24,27-28H,2-3,10-11,16-23H2,1H3;1-2H,(H,5,6)(H,7,8)/b;2-1+. The molecule has 0 aliphatic carbocycles. The summed E-state index contributed by atoms with van der Waals surface area (Å²) in [6, 6.07) is 22.1. The summed E-state index contributed by atoms with van der Waals surface area (Å²) in [5.74, 6) is -1.69. The van der Waals surface area contributed by atoms with Crippen molar-refractivity contribution in [3.63, 3.8) is 0 Å². The highest BCUT2D eigenvalue weighted by molar-refractivity contribution is 5.89. The SMILES string of the molecule is CC1(CCCCCCN=CN2CCC(C(c3ccccc3)c3ccccc3)CC2)OCCO1.O=C(O)/C=C/C(=O)O. The van der Waals surface area contributed by atoms with Gasteiger partial charge in [0, 0.05) is 44.1 Å². The van der Waals surface area contributed by atoms with Gasteiger partial charge >= 0.3 is 11.9 Å². The summed E-state index contributed by atoms with van der Waals surface area (Å²) in [7, 11) is 0. The Morgan fingerprint density at radius 1 is 0.878 bits per heavy atom. The van der Waals surface area contributed by atoms with Gasteiger partial charge in [0.2, 0.25) is 0 Å². The predicted molar refractivity (Wildman–Crippen MR) is 160 cm³/mol. The van der Waals surface area contributed by atoms with Crippen molar-refractivity contribution in [3.05, 3.63) is 83.9 Å². The number of aliphatic imine (C=N–C) groups is 1. The van der Waals surface area contributed by atoms with Crippen LogP contribution in [0.15, 0.2) is 77.8 Å². The number of carboxylic acids is 2. The van der Waals surface area contributed by atoms with E-state index < -0.39 is 11.9 Å². The fraction of sp³-hybridized carbons (Fsp3) is 0.485. The van der Waals surface area contributed by atoms with E-state index in [4.69, 9.17) is 24.7 Å². The van der Waals surface area contributed by atoms with E-state index in [1.165, 1.54) is 36.8 Å². The molecular formula is C33H44N2O6. The van der Waals surface area contributed by atoms with Gasteiger partial charge in [0.15, 0.2) is 5.79 Å². The van der Waals surface area contributed by atoms with Gasteiger partial charge in [-0.2, -0.15) is 0 Å². The fourth-order valence-corrected chi connectivity index (χ4v) is 5.45. The summed E-state index contributed by atoms with van der Waals surface area (Å²) in [4.78, 5) is 26.2. The number of piperidine rings is 1. The molecule has 0 amide bonds. The van der Waals surface area contributed by atoms with Crippen molar-refractivity contribution in [1.82, 2.24) is 4.90 Å². The smallest absolute Gasteiger partial charge is 0.328 e. The lowest BCUT2D eigenvalue weighted by atomic mass is 9.76. The van der Waals surface area contributed by atoms with E-state index in [1.807, 2.05) is 0 Å². The van der Waals surface area contributed by atoms with E-state index in [9.17, 15) is 9.59 Å². The summed E-state index contributed by atoms with van der Waals surface area (Å²) in [6.45, 7) is 6.67. The first-order valence-electron chi connectivity index (χ1n) is 14.6. The number of aliphatic carboxylic acids is 2. The van der Waals surface area contributed by atoms with Gasteiger partial charge in [0.25, 0.3) is 0 Å². The number of nitrogens with zero attached hydrogens (tertiary/aromatic N) is 2. The Kier molecular flexibility index (Phi) is 13.6. The zero-order chi connectivity index (χ0) is 29.3. The van der Waals surface area contributed by atoms with Gasteiger partial charge in [-0.15, -0.1) is 0 Å². The minimum Gasteiger partial charge on any atom is -0.478 e. The molecule has 2 fully saturated rings. The minimum absolute atomic E-state index is 0.329. The highest BCUT2D eigenvalue weighted by Gasteiger charge is 2.30. The molecule has 222 valence electrons. The molecule has 2 heterocycles. The Labute approximate surface area is 243 Å². The molecule has 2 N–H and O–H groups in total. The van der Waals surface area contributed by atoms with Gasteiger partial charge in [0.1, 0.15) is 0 Å². The molecule has 0 radical (unpaired) electrons. The number of hydrogen-bond acceptors (Lipinski definition) is 5. The lowest BCUT2D eigenvalue weighted by molar-refractivity contribution is -0.147. The van der Waals surface area contributed by atoms with Crippen molar-refractivity contribution in [2.75, 3.05) is 32.8 Å². The molecule has 41 heavy (non-hydrogen) atoms. The zero-order valence-corrected chi connectivity index (χ0v) is 24.1. The monoisotopic (exact) mass is 564 g/mol. The first-order valence-corrected chi connectivity index (χ1v) is 14.6. The number of likely N-dealkylation sites (tertiary alicyclic amines) is 1. The summed E-state index contributed by atoms with van der Waals surface area (Å²) in [5, 5.41) is 15.6. The van der Waals surface area contributed by atoms with Crippen LogP contribution in [0.25, 0.3) is 0 Å². The normalized spacial score (nSPS) is 17.2. The summed E-state index contributed by atoms with van der Waals surface area (Å²) >= 11 is 0. The number of rotatable bonds is 13. The Hall–Kier alpha value is -3.49. The van der Waals surface area contributed by atoms with Gasteiger partial charge in [-0.25, -0.2) is 9.59 Å². The van der Waals surface area contributed by atoms with Gasteiger partial charge in [-0.05, 0) is 49.7 Å². The zero-order valence-electron chi connectivity index (χ0n) is 24.1. The van der Waals surface area contributed by atoms with Crippen molar-refractivity contribution < 1.29 is 29.3 Å². The molecule has 0 aromatic heterocycles. The molecule has 2 saturated heterocycles. The van der Waals surface area contributed by atoms with Crippen molar-refractivity contribution >= 4 is 18.3 Å². The van der Waals surface area contributed by atoms with Crippen LogP contribution in [0, 0.1) is 5.92 Å². The number of unbranched alkanes of at least 4 members (excludes halogenated alkanes) is 3. The molecule has 0 unspecified atom stereocenters. The summed E-state index contributed by atoms with van der Waals surface area (Å²) < 4.78 is 11.3. The quantitative estimate of drug-likeness (QED) is 0.133. The van der Waals surface area contributed by atoms with Crippen LogP contribution in [-0.2, 0) is 19.1 Å². The van der Waals surface area contributed by atoms with Gasteiger partial charge in [-0.1, -0.05) is 73.5 Å². The molecule has 2 aliphatic heterocycles. The van der Waals surface area contributed by atoms with Gasteiger partial charge in [0.05, 0.1) is 19.6 Å². The Morgan fingerprint density at radius 3 is 1.90 bits per heavy atom. The molecular weight excluding hydrogens is 520 g/mol. The van der Waals surface area contributed by atoms with Crippen LogP contribution in [0.4, 0.5) is 0 Å². The summed E-state index contributed by atoms with van der Waals surface area (Å²) in [5.41, 5.74) is 2.88. The number of carboxylic acid groups (broad SMARTS) is 2. The number of carbonyl (C=O) groups is 2.